The number of rotatable bonds is 2. The lowest BCUT2D eigenvalue weighted by Crippen LogP contribution is -2.32. The third-order valence-electron chi connectivity index (χ3n) is 2.97. The molecule has 2 saturated heterocycles. The molecule has 0 aliphatic carbocycles. The van der Waals surface area contributed by atoms with E-state index in [1.165, 1.54) is 0 Å². The molecule has 0 bridgehead atoms. The van der Waals surface area contributed by atoms with Crippen LogP contribution in [0.3, 0.4) is 0 Å². The van der Waals surface area contributed by atoms with Crippen molar-refractivity contribution < 1.29 is 27.8 Å². The van der Waals surface area contributed by atoms with Gasteiger partial charge in [-0.3, -0.25) is 0 Å². The van der Waals surface area contributed by atoms with Crippen LogP contribution in [0, 0.1) is 5.92 Å². The van der Waals surface area contributed by atoms with Crippen molar-refractivity contribution in [2.45, 2.75) is 25.2 Å². The van der Waals surface area contributed by atoms with Crippen molar-refractivity contribution in [3.8, 4) is 0 Å². The van der Waals surface area contributed by atoms with E-state index in [0.717, 1.165) is 0 Å². The normalized spacial score (nSPS) is 35.0. The highest BCUT2D eigenvalue weighted by Gasteiger charge is 2.38. The van der Waals surface area contributed by atoms with E-state index in [1.807, 2.05) is 0 Å². The average Bonchev–Trinajstić information content (AvgIpc) is 2.66. The van der Waals surface area contributed by atoms with Crippen LogP contribution in [0.1, 0.15) is 12.8 Å². The molecule has 0 aromatic carbocycles. The molecule has 0 saturated carbocycles. The molecule has 2 aliphatic rings. The molecular weight excluding hydrogens is 236 g/mol. The standard InChI is InChI=1S/C9H14O6S/c10-8(11)7-5-14-9(15-7)6-1-3-16(12,13)4-2-6/h6-7,9H,1-5H2,(H,10,11). The van der Waals surface area contributed by atoms with E-state index < -0.39 is 28.2 Å². The molecule has 1 N–H and O–H groups in total. The van der Waals surface area contributed by atoms with Gasteiger partial charge >= 0.3 is 5.97 Å². The molecule has 7 heteroatoms. The van der Waals surface area contributed by atoms with Crippen LogP contribution in [0.4, 0.5) is 0 Å². The molecule has 0 aromatic heterocycles. The van der Waals surface area contributed by atoms with E-state index in [1.54, 1.807) is 0 Å². The lowest BCUT2D eigenvalue weighted by Gasteiger charge is -2.25. The maximum Gasteiger partial charge on any atom is 0.335 e. The smallest absolute Gasteiger partial charge is 0.335 e. The lowest BCUT2D eigenvalue weighted by molar-refractivity contribution is -0.154. The molecular formula is C9H14O6S. The van der Waals surface area contributed by atoms with E-state index in [-0.39, 0.29) is 24.0 Å². The van der Waals surface area contributed by atoms with Crippen molar-refractivity contribution in [1.29, 1.82) is 0 Å². The lowest BCUT2D eigenvalue weighted by atomic mass is 10.0. The molecule has 2 fully saturated rings. The van der Waals surface area contributed by atoms with Gasteiger partial charge in [-0.1, -0.05) is 0 Å². The van der Waals surface area contributed by atoms with E-state index in [0.29, 0.717) is 12.8 Å². The van der Waals surface area contributed by atoms with Gasteiger partial charge in [-0.2, -0.15) is 0 Å². The van der Waals surface area contributed by atoms with Gasteiger partial charge in [-0.25, -0.2) is 13.2 Å². The molecule has 2 atom stereocenters. The summed E-state index contributed by atoms with van der Waals surface area (Å²) in [5, 5.41) is 8.71. The fourth-order valence-electron chi connectivity index (χ4n) is 1.98. The van der Waals surface area contributed by atoms with Crippen molar-refractivity contribution in [2.24, 2.45) is 5.92 Å². The van der Waals surface area contributed by atoms with Gasteiger partial charge in [0.2, 0.25) is 0 Å². The second-order valence-electron chi connectivity index (χ2n) is 4.15. The van der Waals surface area contributed by atoms with Gasteiger partial charge in [0.1, 0.15) is 9.84 Å². The summed E-state index contributed by atoms with van der Waals surface area (Å²) in [7, 11) is -2.90. The summed E-state index contributed by atoms with van der Waals surface area (Å²) in [6, 6.07) is 0. The Morgan fingerprint density at radius 1 is 1.25 bits per heavy atom. The van der Waals surface area contributed by atoms with Crippen LogP contribution in [-0.4, -0.2) is 50.0 Å². The minimum Gasteiger partial charge on any atom is -0.479 e. The number of carbonyl (C=O) groups is 1. The molecule has 6 nitrogen and oxygen atoms in total. The number of aliphatic carboxylic acids is 1. The number of carboxylic acids is 1. The van der Waals surface area contributed by atoms with Gasteiger partial charge in [-0.05, 0) is 12.8 Å². The van der Waals surface area contributed by atoms with Crippen molar-refractivity contribution in [1.82, 2.24) is 0 Å². The minimum atomic E-state index is -2.90. The SMILES string of the molecule is O=C(O)C1COC(C2CCS(=O)(=O)CC2)O1. The maximum absolute atomic E-state index is 11.2. The number of hydrogen-bond acceptors (Lipinski definition) is 5. The summed E-state index contributed by atoms with van der Waals surface area (Å²) < 4.78 is 32.9. The Kier molecular flexibility index (Phi) is 3.18. The van der Waals surface area contributed by atoms with E-state index in [2.05, 4.69) is 0 Å². The summed E-state index contributed by atoms with van der Waals surface area (Å²) in [5.74, 6) is -0.768. The Morgan fingerprint density at radius 2 is 1.88 bits per heavy atom. The van der Waals surface area contributed by atoms with E-state index in [4.69, 9.17) is 14.6 Å². The fraction of sp³-hybridized carbons (Fsp3) is 0.889. The number of carboxylic acid groups (broad SMARTS) is 1. The largest absolute Gasteiger partial charge is 0.479 e. The zero-order valence-electron chi connectivity index (χ0n) is 8.66. The van der Waals surface area contributed by atoms with Crippen LogP contribution in [0.15, 0.2) is 0 Å². The fourth-order valence-corrected chi connectivity index (χ4v) is 3.51. The van der Waals surface area contributed by atoms with E-state index >= 15 is 0 Å². The summed E-state index contributed by atoms with van der Waals surface area (Å²) in [6.07, 6.45) is -0.501. The zero-order valence-corrected chi connectivity index (χ0v) is 9.48. The first-order valence-electron chi connectivity index (χ1n) is 5.18. The topological polar surface area (TPSA) is 89.9 Å². The Hall–Kier alpha value is -0.660. The molecule has 92 valence electrons. The quantitative estimate of drug-likeness (QED) is 0.719. The average molecular weight is 250 g/mol. The summed E-state index contributed by atoms with van der Waals surface area (Å²) in [5.41, 5.74) is 0. The second-order valence-corrected chi connectivity index (χ2v) is 6.46. The minimum absolute atomic E-state index is 0.00660. The first kappa shape index (κ1) is 11.8. The molecule has 0 aromatic rings. The second kappa shape index (κ2) is 4.31. The van der Waals surface area contributed by atoms with Crippen LogP contribution in [-0.2, 0) is 24.1 Å². The Bertz CT molecular complexity index is 361. The first-order valence-corrected chi connectivity index (χ1v) is 7.00. The third-order valence-corrected chi connectivity index (χ3v) is 4.69. The van der Waals surface area contributed by atoms with Crippen LogP contribution in [0.25, 0.3) is 0 Å². The van der Waals surface area contributed by atoms with Gasteiger partial charge in [0.15, 0.2) is 12.4 Å². The zero-order chi connectivity index (χ0) is 11.8. The molecule has 2 unspecified atom stereocenters. The Labute approximate surface area is 93.5 Å². The highest BCUT2D eigenvalue weighted by molar-refractivity contribution is 7.91. The summed E-state index contributed by atoms with van der Waals surface area (Å²) >= 11 is 0. The molecule has 2 rings (SSSR count). The van der Waals surface area contributed by atoms with Gasteiger partial charge < -0.3 is 14.6 Å². The molecule has 2 heterocycles. The summed E-state index contributed by atoms with van der Waals surface area (Å²) in [4.78, 5) is 10.6. The van der Waals surface area contributed by atoms with Gasteiger partial charge in [0.25, 0.3) is 0 Å². The van der Waals surface area contributed by atoms with Gasteiger partial charge in [-0.15, -0.1) is 0 Å². The third kappa shape index (κ3) is 2.53. The number of sulfone groups is 1. The van der Waals surface area contributed by atoms with Crippen LogP contribution >= 0.6 is 0 Å². The molecule has 0 amide bonds. The van der Waals surface area contributed by atoms with Crippen molar-refractivity contribution in [3.63, 3.8) is 0 Å². The Morgan fingerprint density at radius 3 is 2.38 bits per heavy atom. The van der Waals surface area contributed by atoms with Crippen molar-refractivity contribution in [2.75, 3.05) is 18.1 Å². The van der Waals surface area contributed by atoms with Crippen LogP contribution in [0.2, 0.25) is 0 Å². The molecule has 0 radical (unpaired) electrons. The first-order chi connectivity index (χ1) is 7.48. The molecule has 0 spiro atoms. The highest BCUT2D eigenvalue weighted by Crippen LogP contribution is 2.28. The monoisotopic (exact) mass is 250 g/mol. The maximum atomic E-state index is 11.2. The highest BCUT2D eigenvalue weighted by atomic mass is 32.2. The summed E-state index contributed by atoms with van der Waals surface area (Å²) in [6.45, 7) is 0.0449. The van der Waals surface area contributed by atoms with Gasteiger partial charge in [0.05, 0.1) is 18.1 Å². The Balaban J connectivity index is 1.89. The van der Waals surface area contributed by atoms with Crippen molar-refractivity contribution in [3.05, 3.63) is 0 Å². The molecule has 2 aliphatic heterocycles. The van der Waals surface area contributed by atoms with Crippen LogP contribution in [0.5, 0.6) is 0 Å². The van der Waals surface area contributed by atoms with E-state index in [9.17, 15) is 13.2 Å². The van der Waals surface area contributed by atoms with Crippen LogP contribution < -0.4 is 0 Å². The predicted molar refractivity (Wildman–Crippen MR) is 53.6 cm³/mol. The van der Waals surface area contributed by atoms with Crippen molar-refractivity contribution >= 4 is 15.8 Å². The molecule has 16 heavy (non-hydrogen) atoms. The number of hydrogen-bond donors (Lipinski definition) is 1. The predicted octanol–water partition coefficient (Wildman–Crippen LogP) is -0.363. The van der Waals surface area contributed by atoms with Gasteiger partial charge in [0, 0.05) is 5.92 Å². The number of ether oxygens (including phenoxy) is 2.